The highest BCUT2D eigenvalue weighted by Crippen LogP contribution is 2.35. The zero-order chi connectivity index (χ0) is 17.2. The normalized spacial score (nSPS) is 22.0. The Bertz CT molecular complexity index is 739. The molecule has 2 aromatic rings. The number of hydrogen-bond donors (Lipinski definition) is 0. The molecule has 1 aromatic carbocycles. The van der Waals surface area contributed by atoms with Crippen LogP contribution in [0.5, 0.6) is 0 Å². The third-order valence-electron chi connectivity index (χ3n) is 5.75. The van der Waals surface area contributed by atoms with E-state index in [1.54, 1.807) is 0 Å². The molecule has 0 saturated carbocycles. The SMILES string of the molecule is CCc1c(C)nc2ccccc2c1N1CCC(CN2CCOCC2)C1. The highest BCUT2D eigenvalue weighted by Gasteiger charge is 2.28. The van der Waals surface area contributed by atoms with Crippen molar-refractivity contribution in [1.29, 1.82) is 0 Å². The number of aromatic nitrogens is 1. The molecule has 0 radical (unpaired) electrons. The molecule has 4 heteroatoms. The van der Waals surface area contributed by atoms with E-state index in [0.717, 1.165) is 57.2 Å². The fraction of sp³-hybridized carbons (Fsp3) is 0.571. The molecule has 1 atom stereocenters. The van der Waals surface area contributed by atoms with E-state index in [0.29, 0.717) is 0 Å². The van der Waals surface area contributed by atoms with Gasteiger partial charge >= 0.3 is 0 Å². The second-order valence-electron chi connectivity index (χ2n) is 7.41. The zero-order valence-corrected chi connectivity index (χ0v) is 15.5. The summed E-state index contributed by atoms with van der Waals surface area (Å²) in [5.74, 6) is 0.759. The van der Waals surface area contributed by atoms with Crippen LogP contribution < -0.4 is 4.90 Å². The summed E-state index contributed by atoms with van der Waals surface area (Å²) in [4.78, 5) is 10.0. The number of pyridine rings is 1. The van der Waals surface area contributed by atoms with Crippen LogP contribution in [0, 0.1) is 12.8 Å². The maximum absolute atomic E-state index is 5.49. The molecule has 4 nitrogen and oxygen atoms in total. The number of anilines is 1. The first-order chi connectivity index (χ1) is 12.3. The van der Waals surface area contributed by atoms with Gasteiger partial charge in [-0.05, 0) is 37.3 Å². The molecule has 4 rings (SSSR count). The highest BCUT2D eigenvalue weighted by molar-refractivity contribution is 5.94. The number of benzene rings is 1. The molecule has 3 heterocycles. The van der Waals surface area contributed by atoms with E-state index in [1.165, 1.54) is 35.3 Å². The van der Waals surface area contributed by atoms with Crippen molar-refractivity contribution in [1.82, 2.24) is 9.88 Å². The van der Waals surface area contributed by atoms with Crippen molar-refractivity contribution in [3.05, 3.63) is 35.5 Å². The maximum Gasteiger partial charge on any atom is 0.0726 e. The minimum Gasteiger partial charge on any atom is -0.379 e. The second-order valence-corrected chi connectivity index (χ2v) is 7.41. The van der Waals surface area contributed by atoms with Crippen LogP contribution in [0.4, 0.5) is 5.69 Å². The Labute approximate surface area is 150 Å². The van der Waals surface area contributed by atoms with E-state index in [4.69, 9.17) is 9.72 Å². The molecule has 0 N–H and O–H groups in total. The van der Waals surface area contributed by atoms with Gasteiger partial charge in [-0.25, -0.2) is 0 Å². The Morgan fingerprint density at radius 1 is 1.16 bits per heavy atom. The molecule has 25 heavy (non-hydrogen) atoms. The Morgan fingerprint density at radius 3 is 2.76 bits per heavy atom. The quantitative estimate of drug-likeness (QED) is 0.855. The Hall–Kier alpha value is -1.65. The summed E-state index contributed by atoms with van der Waals surface area (Å²) in [6, 6.07) is 8.62. The smallest absolute Gasteiger partial charge is 0.0726 e. The van der Waals surface area contributed by atoms with Crippen LogP contribution in [0.2, 0.25) is 0 Å². The van der Waals surface area contributed by atoms with E-state index in [9.17, 15) is 0 Å². The summed E-state index contributed by atoms with van der Waals surface area (Å²) in [5, 5.41) is 1.32. The van der Waals surface area contributed by atoms with E-state index in [2.05, 4.69) is 47.9 Å². The van der Waals surface area contributed by atoms with Crippen molar-refractivity contribution in [2.24, 2.45) is 5.92 Å². The molecule has 2 aliphatic rings. The molecule has 2 aliphatic heterocycles. The highest BCUT2D eigenvalue weighted by atomic mass is 16.5. The molecule has 134 valence electrons. The van der Waals surface area contributed by atoms with Crippen molar-refractivity contribution < 1.29 is 4.74 Å². The van der Waals surface area contributed by atoms with Crippen molar-refractivity contribution in [3.63, 3.8) is 0 Å². The summed E-state index contributed by atoms with van der Waals surface area (Å²) in [5.41, 5.74) is 5.18. The van der Waals surface area contributed by atoms with Crippen LogP contribution in [0.25, 0.3) is 10.9 Å². The van der Waals surface area contributed by atoms with Gasteiger partial charge in [0.2, 0.25) is 0 Å². The molecule has 0 amide bonds. The van der Waals surface area contributed by atoms with Crippen LogP contribution in [0.3, 0.4) is 0 Å². The third kappa shape index (κ3) is 3.38. The van der Waals surface area contributed by atoms with Crippen molar-refractivity contribution in [3.8, 4) is 0 Å². The van der Waals surface area contributed by atoms with Gasteiger partial charge in [-0.1, -0.05) is 25.1 Å². The summed E-state index contributed by atoms with van der Waals surface area (Å²) >= 11 is 0. The van der Waals surface area contributed by atoms with E-state index < -0.39 is 0 Å². The number of rotatable bonds is 4. The molecular weight excluding hydrogens is 310 g/mol. The van der Waals surface area contributed by atoms with Crippen molar-refractivity contribution >= 4 is 16.6 Å². The third-order valence-corrected chi connectivity index (χ3v) is 5.75. The number of morpholine rings is 1. The van der Waals surface area contributed by atoms with Gasteiger partial charge in [0.25, 0.3) is 0 Å². The monoisotopic (exact) mass is 339 g/mol. The van der Waals surface area contributed by atoms with Gasteiger partial charge in [-0.3, -0.25) is 9.88 Å². The Morgan fingerprint density at radius 2 is 1.96 bits per heavy atom. The Kier molecular flexibility index (Phi) is 4.91. The van der Waals surface area contributed by atoms with Crippen LogP contribution in [0.15, 0.2) is 24.3 Å². The van der Waals surface area contributed by atoms with Crippen LogP contribution in [-0.4, -0.2) is 55.8 Å². The van der Waals surface area contributed by atoms with E-state index in [1.807, 2.05) is 0 Å². The van der Waals surface area contributed by atoms with Gasteiger partial charge in [-0.15, -0.1) is 0 Å². The fourth-order valence-electron chi connectivity index (χ4n) is 4.47. The maximum atomic E-state index is 5.49. The molecule has 2 saturated heterocycles. The van der Waals surface area contributed by atoms with Gasteiger partial charge in [0.15, 0.2) is 0 Å². The number of para-hydroxylation sites is 1. The number of nitrogens with zero attached hydrogens (tertiary/aromatic N) is 3. The first kappa shape index (κ1) is 16.8. The van der Waals surface area contributed by atoms with Gasteiger partial charge in [0, 0.05) is 43.8 Å². The minimum absolute atomic E-state index is 0.759. The lowest BCUT2D eigenvalue weighted by Gasteiger charge is -2.29. The second kappa shape index (κ2) is 7.30. The average Bonchev–Trinajstić information content (AvgIpc) is 3.09. The summed E-state index contributed by atoms with van der Waals surface area (Å²) in [6.07, 6.45) is 2.33. The van der Waals surface area contributed by atoms with E-state index in [-0.39, 0.29) is 0 Å². The summed E-state index contributed by atoms with van der Waals surface area (Å²) < 4.78 is 5.49. The summed E-state index contributed by atoms with van der Waals surface area (Å²) in [7, 11) is 0. The van der Waals surface area contributed by atoms with Gasteiger partial charge in [-0.2, -0.15) is 0 Å². The lowest BCUT2D eigenvalue weighted by atomic mass is 10.0. The van der Waals surface area contributed by atoms with Gasteiger partial charge in [0.1, 0.15) is 0 Å². The lowest BCUT2D eigenvalue weighted by Crippen LogP contribution is -2.40. The van der Waals surface area contributed by atoms with Crippen molar-refractivity contribution in [2.75, 3.05) is 50.8 Å². The summed E-state index contributed by atoms with van der Waals surface area (Å²) in [6.45, 7) is 11.9. The topological polar surface area (TPSA) is 28.6 Å². The standard InChI is InChI=1S/C21H29N3O/c1-3-18-16(2)22-20-7-5-4-6-19(20)21(18)24-9-8-17(15-24)14-23-10-12-25-13-11-23/h4-7,17H,3,8-15H2,1-2H3. The molecule has 0 spiro atoms. The lowest BCUT2D eigenvalue weighted by molar-refractivity contribution is 0.0320. The molecular formula is C21H29N3O. The predicted octanol–water partition coefficient (Wildman–Crippen LogP) is 3.26. The first-order valence-corrected chi connectivity index (χ1v) is 9.69. The molecule has 2 fully saturated rings. The molecule has 1 unspecified atom stereocenters. The molecule has 0 aliphatic carbocycles. The average molecular weight is 339 g/mol. The molecule has 1 aromatic heterocycles. The van der Waals surface area contributed by atoms with Crippen LogP contribution >= 0.6 is 0 Å². The van der Waals surface area contributed by atoms with Gasteiger partial charge in [0.05, 0.1) is 24.4 Å². The predicted molar refractivity (Wildman–Crippen MR) is 103 cm³/mol. The van der Waals surface area contributed by atoms with E-state index >= 15 is 0 Å². The number of hydrogen-bond acceptors (Lipinski definition) is 4. The number of ether oxygens (including phenoxy) is 1. The van der Waals surface area contributed by atoms with Crippen LogP contribution in [-0.2, 0) is 11.2 Å². The first-order valence-electron chi connectivity index (χ1n) is 9.69. The largest absolute Gasteiger partial charge is 0.379 e. The minimum atomic E-state index is 0.759. The zero-order valence-electron chi connectivity index (χ0n) is 15.5. The van der Waals surface area contributed by atoms with Gasteiger partial charge < -0.3 is 9.64 Å². The Balaban J connectivity index is 1.59. The van der Waals surface area contributed by atoms with Crippen molar-refractivity contribution in [2.45, 2.75) is 26.7 Å². The molecule has 0 bridgehead atoms. The number of fused-ring (bicyclic) bond motifs is 1. The fourth-order valence-corrected chi connectivity index (χ4v) is 4.47. The number of aryl methyl sites for hydroxylation is 1. The van der Waals surface area contributed by atoms with Crippen LogP contribution in [0.1, 0.15) is 24.6 Å².